The van der Waals surface area contributed by atoms with Gasteiger partial charge in [0.2, 0.25) is 10.0 Å². The summed E-state index contributed by atoms with van der Waals surface area (Å²) in [6, 6.07) is 4.91. The van der Waals surface area contributed by atoms with Crippen molar-refractivity contribution < 1.29 is 12.9 Å². The predicted octanol–water partition coefficient (Wildman–Crippen LogP) is 2.06. The maximum Gasteiger partial charge on any atom is 0.239 e. The lowest BCUT2D eigenvalue weighted by Crippen LogP contribution is -2.13. The average Bonchev–Trinajstić information content (AvgIpc) is 2.73. The summed E-state index contributed by atoms with van der Waals surface area (Å²) in [5.41, 5.74) is 1.96. The van der Waals surface area contributed by atoms with E-state index < -0.39 is 10.0 Å². The van der Waals surface area contributed by atoms with Crippen molar-refractivity contribution >= 4 is 26.0 Å². The molecule has 0 saturated heterocycles. The second-order valence-electron chi connectivity index (χ2n) is 3.53. The Morgan fingerprint density at radius 3 is 2.65 bits per heavy atom. The van der Waals surface area contributed by atoms with Crippen LogP contribution in [0, 0.1) is 6.92 Å². The zero-order valence-corrected chi connectivity index (χ0v) is 11.2. The standard InChI is InChI=1S/C10H9BrN2O3S/c1-6-4-7(8-2-3-16-13-8)5-9(10(6)11)17(12,14)15/h2-5H,1H3,(H2,12,14,15). The molecule has 0 amide bonds. The first-order chi connectivity index (χ1) is 7.89. The Bertz CT molecular complexity index is 650. The second-order valence-corrected chi connectivity index (χ2v) is 5.86. The molecule has 2 rings (SSSR count). The fraction of sp³-hybridized carbons (Fsp3) is 0.100. The highest BCUT2D eigenvalue weighted by Gasteiger charge is 2.17. The summed E-state index contributed by atoms with van der Waals surface area (Å²) in [6.07, 6.45) is 1.42. The summed E-state index contributed by atoms with van der Waals surface area (Å²) in [6.45, 7) is 1.78. The minimum atomic E-state index is -3.77. The molecule has 0 atom stereocenters. The molecule has 0 saturated carbocycles. The van der Waals surface area contributed by atoms with Crippen LogP contribution >= 0.6 is 15.9 Å². The summed E-state index contributed by atoms with van der Waals surface area (Å²) < 4.78 is 28.1. The molecule has 1 aromatic carbocycles. The van der Waals surface area contributed by atoms with Gasteiger partial charge < -0.3 is 4.52 Å². The van der Waals surface area contributed by atoms with Crippen LogP contribution in [0.25, 0.3) is 11.3 Å². The van der Waals surface area contributed by atoms with Gasteiger partial charge in [-0.25, -0.2) is 13.6 Å². The van der Waals surface area contributed by atoms with Crippen LogP contribution in [0.4, 0.5) is 0 Å². The van der Waals surface area contributed by atoms with Gasteiger partial charge in [-0.05, 0) is 40.5 Å². The van der Waals surface area contributed by atoms with E-state index in [-0.39, 0.29) is 4.90 Å². The van der Waals surface area contributed by atoms with Crippen LogP contribution < -0.4 is 5.14 Å². The average molecular weight is 317 g/mol. The monoisotopic (exact) mass is 316 g/mol. The van der Waals surface area contributed by atoms with Crippen LogP contribution in [0.2, 0.25) is 0 Å². The highest BCUT2D eigenvalue weighted by atomic mass is 79.9. The van der Waals surface area contributed by atoms with Crippen LogP contribution in [0.15, 0.2) is 38.4 Å². The van der Waals surface area contributed by atoms with Crippen molar-refractivity contribution in [1.82, 2.24) is 5.16 Å². The number of hydrogen-bond donors (Lipinski definition) is 1. The Kier molecular flexibility index (Phi) is 3.07. The summed E-state index contributed by atoms with van der Waals surface area (Å²) in [7, 11) is -3.77. The number of hydrogen-bond acceptors (Lipinski definition) is 4. The lowest BCUT2D eigenvalue weighted by molar-refractivity contribution is 0.422. The van der Waals surface area contributed by atoms with Gasteiger partial charge in [-0.2, -0.15) is 0 Å². The molecule has 2 aromatic rings. The molecule has 0 aliphatic carbocycles. The number of rotatable bonds is 2. The van der Waals surface area contributed by atoms with Gasteiger partial charge in [-0.3, -0.25) is 0 Å². The Labute approximate surface area is 107 Å². The minimum Gasteiger partial charge on any atom is -0.364 e. The molecule has 1 heterocycles. The molecule has 1 aromatic heterocycles. The topological polar surface area (TPSA) is 86.2 Å². The highest BCUT2D eigenvalue weighted by molar-refractivity contribution is 9.10. The van der Waals surface area contributed by atoms with E-state index >= 15 is 0 Å². The van der Waals surface area contributed by atoms with E-state index in [1.807, 2.05) is 0 Å². The lowest BCUT2D eigenvalue weighted by atomic mass is 10.1. The van der Waals surface area contributed by atoms with E-state index in [0.29, 0.717) is 15.7 Å². The fourth-order valence-electron chi connectivity index (χ4n) is 1.45. The normalized spacial score (nSPS) is 11.7. The molecular formula is C10H9BrN2O3S. The number of halogens is 1. The van der Waals surface area contributed by atoms with Crippen LogP contribution in [0.5, 0.6) is 0 Å². The third-order valence-corrected chi connectivity index (χ3v) is 4.51. The van der Waals surface area contributed by atoms with E-state index in [1.165, 1.54) is 12.3 Å². The maximum absolute atomic E-state index is 11.4. The van der Waals surface area contributed by atoms with Gasteiger partial charge in [0, 0.05) is 16.1 Å². The molecule has 17 heavy (non-hydrogen) atoms. The minimum absolute atomic E-state index is 0.0375. The molecule has 0 unspecified atom stereocenters. The second kappa shape index (κ2) is 4.25. The number of aryl methyl sites for hydroxylation is 1. The van der Waals surface area contributed by atoms with Gasteiger partial charge in [0.25, 0.3) is 0 Å². The van der Waals surface area contributed by atoms with E-state index in [9.17, 15) is 8.42 Å². The van der Waals surface area contributed by atoms with Gasteiger partial charge >= 0.3 is 0 Å². The van der Waals surface area contributed by atoms with Crippen molar-refractivity contribution in [3.63, 3.8) is 0 Å². The quantitative estimate of drug-likeness (QED) is 0.918. The first-order valence-electron chi connectivity index (χ1n) is 4.63. The Hall–Kier alpha value is -1.18. The number of primary sulfonamides is 1. The first-order valence-corrected chi connectivity index (χ1v) is 6.97. The molecular weight excluding hydrogens is 308 g/mol. The van der Waals surface area contributed by atoms with E-state index in [1.54, 1.807) is 19.1 Å². The number of benzene rings is 1. The predicted molar refractivity (Wildman–Crippen MR) is 65.7 cm³/mol. The molecule has 0 spiro atoms. The molecule has 90 valence electrons. The zero-order valence-electron chi connectivity index (χ0n) is 8.84. The number of nitrogens with zero attached hydrogens (tertiary/aromatic N) is 1. The largest absolute Gasteiger partial charge is 0.364 e. The summed E-state index contributed by atoms with van der Waals surface area (Å²) in [4.78, 5) is 0.0375. The van der Waals surface area contributed by atoms with Crippen LogP contribution in [0.1, 0.15) is 5.56 Å². The highest BCUT2D eigenvalue weighted by Crippen LogP contribution is 2.30. The number of nitrogens with two attached hydrogens (primary N) is 1. The van der Waals surface area contributed by atoms with Crippen molar-refractivity contribution in [2.75, 3.05) is 0 Å². The van der Waals surface area contributed by atoms with Gasteiger partial charge in [0.1, 0.15) is 12.0 Å². The molecule has 7 heteroatoms. The molecule has 0 bridgehead atoms. The van der Waals surface area contributed by atoms with E-state index in [2.05, 4.69) is 21.1 Å². The van der Waals surface area contributed by atoms with E-state index in [4.69, 9.17) is 9.66 Å². The van der Waals surface area contributed by atoms with Crippen molar-refractivity contribution in [2.45, 2.75) is 11.8 Å². The summed E-state index contributed by atoms with van der Waals surface area (Å²) in [5, 5.41) is 8.90. The van der Waals surface area contributed by atoms with Crippen LogP contribution in [-0.4, -0.2) is 13.6 Å². The molecule has 2 N–H and O–H groups in total. The molecule has 0 aliphatic heterocycles. The van der Waals surface area contributed by atoms with Crippen molar-refractivity contribution in [1.29, 1.82) is 0 Å². The number of sulfonamides is 1. The van der Waals surface area contributed by atoms with Crippen molar-refractivity contribution in [2.24, 2.45) is 5.14 Å². The van der Waals surface area contributed by atoms with Gasteiger partial charge in [-0.1, -0.05) is 5.16 Å². The Morgan fingerprint density at radius 1 is 1.41 bits per heavy atom. The van der Waals surface area contributed by atoms with Gasteiger partial charge in [-0.15, -0.1) is 0 Å². The summed E-state index contributed by atoms with van der Waals surface area (Å²) >= 11 is 3.21. The Balaban J connectivity index is 2.71. The van der Waals surface area contributed by atoms with Crippen LogP contribution in [-0.2, 0) is 10.0 Å². The third-order valence-electron chi connectivity index (χ3n) is 2.26. The molecule has 5 nitrogen and oxygen atoms in total. The van der Waals surface area contributed by atoms with Gasteiger partial charge in [0.05, 0.1) is 4.90 Å². The smallest absolute Gasteiger partial charge is 0.239 e. The maximum atomic E-state index is 11.4. The summed E-state index contributed by atoms with van der Waals surface area (Å²) in [5.74, 6) is 0. The van der Waals surface area contributed by atoms with Crippen molar-refractivity contribution in [3.05, 3.63) is 34.5 Å². The molecule has 0 fully saturated rings. The van der Waals surface area contributed by atoms with E-state index in [0.717, 1.165) is 5.56 Å². The Morgan fingerprint density at radius 2 is 2.12 bits per heavy atom. The zero-order chi connectivity index (χ0) is 12.6. The number of aromatic nitrogens is 1. The van der Waals surface area contributed by atoms with Crippen LogP contribution in [0.3, 0.4) is 0 Å². The SMILES string of the molecule is Cc1cc(-c2ccon2)cc(S(N)(=O)=O)c1Br. The third kappa shape index (κ3) is 2.41. The van der Waals surface area contributed by atoms with Gasteiger partial charge in [0.15, 0.2) is 0 Å². The molecule has 0 radical (unpaired) electrons. The molecule has 0 aliphatic rings. The fourth-order valence-corrected chi connectivity index (χ4v) is 3.06. The van der Waals surface area contributed by atoms with Crippen molar-refractivity contribution in [3.8, 4) is 11.3 Å². The first kappa shape index (κ1) is 12.3. The lowest BCUT2D eigenvalue weighted by Gasteiger charge is -2.07.